The lowest BCUT2D eigenvalue weighted by atomic mass is 10.00. The quantitative estimate of drug-likeness (QED) is 0.811. The lowest BCUT2D eigenvalue weighted by Gasteiger charge is -2.25. The van der Waals surface area contributed by atoms with Crippen LogP contribution in [-0.4, -0.2) is 48.3 Å². The molecular weight excluding hydrogens is 306 g/mol. The highest BCUT2D eigenvalue weighted by molar-refractivity contribution is 6.22. The van der Waals surface area contributed by atoms with Crippen molar-refractivity contribution >= 4 is 17.7 Å². The summed E-state index contributed by atoms with van der Waals surface area (Å²) in [5.74, 6) is -0.663. The van der Waals surface area contributed by atoms with Gasteiger partial charge in [0.25, 0.3) is 11.8 Å². The molecule has 1 aromatic carbocycles. The standard InChI is InChI=1S/C18H23N3O3/c1-11-5-6-14-15(8-11)18(24)21(17(14)23)12(2)16(22)20-10-13-4-3-7-19-9-13/h5-6,8,12-13,19H,3-4,7,9-10H2,1-2H3,(H,20,22). The number of hydrogen-bond acceptors (Lipinski definition) is 4. The number of carbonyl (C=O) groups excluding carboxylic acids is 3. The molecular formula is C18H23N3O3. The maximum absolute atomic E-state index is 12.5. The maximum Gasteiger partial charge on any atom is 0.262 e. The van der Waals surface area contributed by atoms with E-state index in [-0.39, 0.29) is 11.8 Å². The molecule has 3 amide bonds. The zero-order chi connectivity index (χ0) is 17.3. The minimum absolute atomic E-state index is 0.285. The largest absolute Gasteiger partial charge is 0.354 e. The van der Waals surface area contributed by atoms with Gasteiger partial charge in [0.1, 0.15) is 6.04 Å². The van der Waals surface area contributed by atoms with Crippen LogP contribution in [0.1, 0.15) is 46.0 Å². The van der Waals surface area contributed by atoms with Crippen molar-refractivity contribution in [2.45, 2.75) is 32.7 Å². The Labute approximate surface area is 141 Å². The van der Waals surface area contributed by atoms with E-state index in [0.717, 1.165) is 36.4 Å². The SMILES string of the molecule is Cc1ccc2c(c1)C(=O)N(C(C)C(=O)NCC1CCCNC1)C2=O. The Morgan fingerprint density at radius 3 is 2.79 bits per heavy atom. The summed E-state index contributed by atoms with van der Waals surface area (Å²) < 4.78 is 0. The fraction of sp³-hybridized carbons (Fsp3) is 0.500. The maximum atomic E-state index is 12.5. The summed E-state index contributed by atoms with van der Waals surface area (Å²) in [5.41, 5.74) is 1.68. The van der Waals surface area contributed by atoms with Crippen LogP contribution in [0.4, 0.5) is 0 Å². The minimum Gasteiger partial charge on any atom is -0.354 e. The van der Waals surface area contributed by atoms with E-state index in [1.54, 1.807) is 25.1 Å². The molecule has 0 aliphatic carbocycles. The zero-order valence-electron chi connectivity index (χ0n) is 14.1. The molecule has 6 heteroatoms. The number of amides is 3. The van der Waals surface area contributed by atoms with Gasteiger partial charge in [-0.1, -0.05) is 11.6 Å². The fourth-order valence-corrected chi connectivity index (χ4v) is 3.33. The molecule has 2 unspecified atom stereocenters. The van der Waals surface area contributed by atoms with Crippen LogP contribution >= 0.6 is 0 Å². The van der Waals surface area contributed by atoms with Crippen molar-refractivity contribution in [3.8, 4) is 0 Å². The fourth-order valence-electron chi connectivity index (χ4n) is 3.33. The van der Waals surface area contributed by atoms with Crippen molar-refractivity contribution in [2.75, 3.05) is 19.6 Å². The number of rotatable bonds is 4. The van der Waals surface area contributed by atoms with E-state index in [9.17, 15) is 14.4 Å². The number of imide groups is 1. The van der Waals surface area contributed by atoms with Crippen molar-refractivity contribution in [1.29, 1.82) is 0 Å². The van der Waals surface area contributed by atoms with E-state index in [1.165, 1.54) is 0 Å². The molecule has 2 aliphatic rings. The van der Waals surface area contributed by atoms with Crippen LogP contribution in [0.25, 0.3) is 0 Å². The third kappa shape index (κ3) is 3.06. The minimum atomic E-state index is -0.811. The molecule has 2 aliphatic heterocycles. The third-order valence-electron chi connectivity index (χ3n) is 4.80. The highest BCUT2D eigenvalue weighted by Crippen LogP contribution is 2.25. The van der Waals surface area contributed by atoms with Gasteiger partial charge in [-0.25, -0.2) is 0 Å². The topological polar surface area (TPSA) is 78.5 Å². The lowest BCUT2D eigenvalue weighted by molar-refractivity contribution is -0.124. The number of carbonyl (C=O) groups is 3. The van der Waals surface area contributed by atoms with Crippen molar-refractivity contribution < 1.29 is 14.4 Å². The molecule has 1 saturated heterocycles. The zero-order valence-corrected chi connectivity index (χ0v) is 14.1. The van der Waals surface area contributed by atoms with E-state index >= 15 is 0 Å². The number of fused-ring (bicyclic) bond motifs is 1. The summed E-state index contributed by atoms with van der Waals surface area (Å²) in [4.78, 5) is 38.5. The Morgan fingerprint density at radius 2 is 2.08 bits per heavy atom. The Hall–Kier alpha value is -2.21. The number of benzene rings is 1. The van der Waals surface area contributed by atoms with Gasteiger partial charge >= 0.3 is 0 Å². The van der Waals surface area contributed by atoms with Gasteiger partial charge in [-0.2, -0.15) is 0 Å². The van der Waals surface area contributed by atoms with Gasteiger partial charge in [0.05, 0.1) is 11.1 Å². The van der Waals surface area contributed by atoms with Crippen molar-refractivity contribution in [2.24, 2.45) is 5.92 Å². The average Bonchev–Trinajstić information content (AvgIpc) is 2.83. The Balaban J connectivity index is 1.66. The number of hydrogen-bond donors (Lipinski definition) is 2. The molecule has 2 N–H and O–H groups in total. The van der Waals surface area contributed by atoms with Crippen molar-refractivity contribution in [3.05, 3.63) is 34.9 Å². The lowest BCUT2D eigenvalue weighted by Crippen LogP contribution is -2.49. The van der Waals surface area contributed by atoms with E-state index in [0.29, 0.717) is 23.6 Å². The molecule has 6 nitrogen and oxygen atoms in total. The molecule has 0 saturated carbocycles. The number of nitrogens with one attached hydrogen (secondary N) is 2. The van der Waals surface area contributed by atoms with Crippen LogP contribution < -0.4 is 10.6 Å². The van der Waals surface area contributed by atoms with E-state index in [2.05, 4.69) is 10.6 Å². The first kappa shape index (κ1) is 16.6. The molecule has 1 fully saturated rings. The van der Waals surface area contributed by atoms with Crippen LogP contribution in [0.2, 0.25) is 0 Å². The molecule has 0 radical (unpaired) electrons. The van der Waals surface area contributed by atoms with Gasteiger partial charge in [-0.3, -0.25) is 19.3 Å². The highest BCUT2D eigenvalue weighted by Gasteiger charge is 2.40. The smallest absolute Gasteiger partial charge is 0.262 e. The van der Waals surface area contributed by atoms with E-state index in [1.807, 2.05) is 6.92 Å². The van der Waals surface area contributed by atoms with Gasteiger partial charge < -0.3 is 10.6 Å². The molecule has 128 valence electrons. The van der Waals surface area contributed by atoms with E-state index < -0.39 is 11.9 Å². The summed E-state index contributed by atoms with van der Waals surface area (Å²) in [6.07, 6.45) is 2.18. The Morgan fingerprint density at radius 1 is 1.33 bits per heavy atom. The molecule has 1 aromatic rings. The molecule has 0 spiro atoms. The molecule has 0 aromatic heterocycles. The normalized spacial score (nSPS) is 21.6. The summed E-state index contributed by atoms with van der Waals surface area (Å²) in [6.45, 7) is 5.95. The third-order valence-corrected chi connectivity index (χ3v) is 4.80. The summed E-state index contributed by atoms with van der Waals surface area (Å²) in [7, 11) is 0. The predicted octanol–water partition coefficient (Wildman–Crippen LogP) is 1.10. The van der Waals surface area contributed by atoms with Crippen LogP contribution in [-0.2, 0) is 4.79 Å². The highest BCUT2D eigenvalue weighted by atomic mass is 16.2. The van der Waals surface area contributed by atoms with Gasteiger partial charge in [-0.05, 0) is 57.8 Å². The summed E-state index contributed by atoms with van der Waals surface area (Å²) >= 11 is 0. The second-order valence-corrected chi connectivity index (χ2v) is 6.66. The number of piperidine rings is 1. The second kappa shape index (κ2) is 6.73. The van der Waals surface area contributed by atoms with Crippen LogP contribution in [0.3, 0.4) is 0 Å². The first-order valence-corrected chi connectivity index (χ1v) is 8.46. The van der Waals surface area contributed by atoms with Crippen molar-refractivity contribution in [1.82, 2.24) is 15.5 Å². The van der Waals surface area contributed by atoms with Crippen molar-refractivity contribution in [3.63, 3.8) is 0 Å². The van der Waals surface area contributed by atoms with Gasteiger partial charge in [-0.15, -0.1) is 0 Å². The monoisotopic (exact) mass is 329 g/mol. The average molecular weight is 329 g/mol. The molecule has 2 heterocycles. The van der Waals surface area contributed by atoms with Crippen LogP contribution in [0, 0.1) is 12.8 Å². The molecule has 2 atom stereocenters. The molecule has 3 rings (SSSR count). The van der Waals surface area contributed by atoms with Crippen LogP contribution in [0.15, 0.2) is 18.2 Å². The van der Waals surface area contributed by atoms with Crippen LogP contribution in [0.5, 0.6) is 0 Å². The van der Waals surface area contributed by atoms with Gasteiger partial charge in [0.15, 0.2) is 0 Å². The molecule has 0 bridgehead atoms. The number of nitrogens with zero attached hydrogens (tertiary/aromatic N) is 1. The van der Waals surface area contributed by atoms with Gasteiger partial charge in [0, 0.05) is 6.54 Å². The Bertz CT molecular complexity index is 680. The summed E-state index contributed by atoms with van der Waals surface area (Å²) in [5, 5.41) is 6.19. The first-order valence-electron chi connectivity index (χ1n) is 8.46. The first-order chi connectivity index (χ1) is 11.5. The Kier molecular flexibility index (Phi) is 4.66. The van der Waals surface area contributed by atoms with E-state index in [4.69, 9.17) is 0 Å². The molecule has 24 heavy (non-hydrogen) atoms. The second-order valence-electron chi connectivity index (χ2n) is 6.66. The summed E-state index contributed by atoms with van der Waals surface area (Å²) in [6, 6.07) is 4.35. The number of aryl methyl sites for hydroxylation is 1. The predicted molar refractivity (Wildman–Crippen MR) is 89.7 cm³/mol. The van der Waals surface area contributed by atoms with Gasteiger partial charge in [0.2, 0.25) is 5.91 Å².